The maximum Gasteiger partial charge on any atom is 0.421 e. The van der Waals surface area contributed by atoms with Gasteiger partial charge in [0.05, 0.1) is 49.6 Å². The van der Waals surface area contributed by atoms with Gasteiger partial charge >= 0.3 is 12.1 Å². The average Bonchev–Trinajstić information content (AvgIpc) is 3.87. The summed E-state index contributed by atoms with van der Waals surface area (Å²) < 4.78 is 23.5. The Labute approximate surface area is 418 Å². The largest absolute Gasteiger partial charge is 0.491 e. The molecule has 0 aliphatic carbocycles. The van der Waals surface area contributed by atoms with Gasteiger partial charge in [-0.05, 0) is 70.8 Å². The van der Waals surface area contributed by atoms with Gasteiger partial charge in [0, 0.05) is 25.8 Å². The second-order valence-corrected chi connectivity index (χ2v) is 18.0. The van der Waals surface area contributed by atoms with E-state index in [1.807, 2.05) is 109 Å². The Bertz CT molecular complexity index is 2930. The summed E-state index contributed by atoms with van der Waals surface area (Å²) in [7, 11) is 3.42. The van der Waals surface area contributed by atoms with Crippen LogP contribution in [0.5, 0.6) is 5.75 Å². The van der Waals surface area contributed by atoms with Gasteiger partial charge in [0.2, 0.25) is 11.8 Å². The second kappa shape index (κ2) is 22.2. The van der Waals surface area contributed by atoms with Gasteiger partial charge in [0.1, 0.15) is 36.5 Å². The summed E-state index contributed by atoms with van der Waals surface area (Å²) in [5, 5.41) is 24.3. The summed E-state index contributed by atoms with van der Waals surface area (Å²) in [5.74, 6) is 2.95. The fourth-order valence-electron chi connectivity index (χ4n) is 10.5. The molecular formula is C58H56N4O10. The van der Waals surface area contributed by atoms with E-state index >= 15 is 14.4 Å². The van der Waals surface area contributed by atoms with Crippen LogP contribution in [0, 0.1) is 17.8 Å². The summed E-state index contributed by atoms with van der Waals surface area (Å²) in [5.41, 5.74) is 2.26. The predicted octanol–water partition coefficient (Wildman–Crippen LogP) is 6.84. The molecule has 6 aromatic rings. The summed E-state index contributed by atoms with van der Waals surface area (Å²) >= 11 is 0. The van der Waals surface area contributed by atoms with Crippen LogP contribution in [0.3, 0.4) is 0 Å². The minimum atomic E-state index is -2.11. The monoisotopic (exact) mass is 968 g/mol. The minimum absolute atomic E-state index is 0.0400. The molecule has 14 heteroatoms. The minimum Gasteiger partial charge on any atom is -0.491 e. The number of benzene rings is 6. The van der Waals surface area contributed by atoms with E-state index in [0.717, 1.165) is 16.0 Å². The number of nitrogens with one attached hydrogen (secondary N) is 1. The molecule has 3 amide bonds. The number of aliphatic hydroxyl groups is 2. The van der Waals surface area contributed by atoms with Crippen molar-refractivity contribution in [3.8, 4) is 17.6 Å². The number of nitrogens with zero attached hydrogens (tertiary/aromatic N) is 3. The molecule has 0 aromatic heterocycles. The lowest BCUT2D eigenvalue weighted by atomic mass is 9.65. The molecule has 368 valence electrons. The zero-order valence-electron chi connectivity index (χ0n) is 40.0. The standard InChI is InChI=1S/C58H56N4O10/c1-60(38-40-17-7-3-8-18-40)30-16-19-39-28-29-47-46(35-39)58(56(67)61(47)57(68)71-34-33-69-2)49(54(65)59-37-48(64)41-20-9-4-10-21-41)51-55(66)72-52(43-24-13-6-14-25-43)50(42-22-11-5-12-23-42)62(51)53(58)44-26-15-27-45(36-44)70-32-31-63/h3-15,17-18,20-29,35-36,48-53,63-64H,30-34,37-38H2,1-2H3,(H,59,65)/t48-,49+,50+,51+,52-,53-,58+/m0/s1. The Balaban J connectivity index is 1.29. The van der Waals surface area contributed by atoms with E-state index in [4.69, 9.17) is 18.9 Å². The Hall–Kier alpha value is -7.64. The number of rotatable bonds is 16. The molecule has 9 rings (SSSR count). The highest BCUT2D eigenvalue weighted by Gasteiger charge is 2.75. The average molecular weight is 969 g/mol. The first kappa shape index (κ1) is 49.3. The Morgan fingerprint density at radius 2 is 1.46 bits per heavy atom. The lowest BCUT2D eigenvalue weighted by Crippen LogP contribution is -2.56. The van der Waals surface area contributed by atoms with Crippen molar-refractivity contribution in [2.24, 2.45) is 5.92 Å². The summed E-state index contributed by atoms with van der Waals surface area (Å²) in [6, 6.07) is 46.1. The highest BCUT2D eigenvalue weighted by atomic mass is 16.6. The molecule has 14 nitrogen and oxygen atoms in total. The number of fused-ring (bicyclic) bond motifs is 3. The summed E-state index contributed by atoms with van der Waals surface area (Å²) in [6.07, 6.45) is -3.13. The third-order valence-corrected chi connectivity index (χ3v) is 13.5. The van der Waals surface area contributed by atoms with E-state index in [0.29, 0.717) is 41.1 Å². The quantitative estimate of drug-likeness (QED) is 0.0526. The van der Waals surface area contributed by atoms with Crippen molar-refractivity contribution in [2.45, 2.75) is 42.3 Å². The van der Waals surface area contributed by atoms with Gasteiger partial charge in [0.15, 0.2) is 0 Å². The third-order valence-electron chi connectivity index (χ3n) is 13.5. The number of anilines is 1. The van der Waals surface area contributed by atoms with Gasteiger partial charge in [-0.15, -0.1) is 0 Å². The van der Waals surface area contributed by atoms with Gasteiger partial charge < -0.3 is 34.5 Å². The Morgan fingerprint density at radius 3 is 2.15 bits per heavy atom. The first-order valence-corrected chi connectivity index (χ1v) is 23.9. The van der Waals surface area contributed by atoms with Crippen LogP contribution in [0.15, 0.2) is 164 Å². The zero-order valence-corrected chi connectivity index (χ0v) is 40.0. The number of carbonyl (C=O) groups excluding carboxylic acids is 4. The second-order valence-electron chi connectivity index (χ2n) is 18.0. The molecule has 2 saturated heterocycles. The van der Waals surface area contributed by atoms with Crippen molar-refractivity contribution < 1.29 is 48.3 Å². The van der Waals surface area contributed by atoms with Crippen molar-refractivity contribution in [1.82, 2.24) is 15.1 Å². The highest BCUT2D eigenvalue weighted by Crippen LogP contribution is 2.66. The fraction of sp³-hybridized carbons (Fsp3) is 0.276. The third kappa shape index (κ3) is 9.73. The predicted molar refractivity (Wildman–Crippen MR) is 268 cm³/mol. The van der Waals surface area contributed by atoms with E-state index in [1.165, 1.54) is 7.11 Å². The first-order valence-electron chi connectivity index (χ1n) is 23.9. The Morgan fingerprint density at radius 1 is 0.792 bits per heavy atom. The molecule has 0 unspecified atom stereocenters. The van der Waals surface area contributed by atoms with Crippen molar-refractivity contribution in [1.29, 1.82) is 0 Å². The van der Waals surface area contributed by atoms with Gasteiger partial charge in [-0.3, -0.25) is 24.2 Å². The number of amides is 3. The van der Waals surface area contributed by atoms with Gasteiger partial charge in [-0.25, -0.2) is 9.69 Å². The van der Waals surface area contributed by atoms with E-state index < -0.39 is 65.5 Å². The number of ether oxygens (including phenoxy) is 4. The molecule has 3 aliphatic heterocycles. The fourth-order valence-corrected chi connectivity index (χ4v) is 10.5. The van der Waals surface area contributed by atoms with Crippen LogP contribution in [-0.4, -0.2) is 104 Å². The molecule has 3 aliphatic rings. The van der Waals surface area contributed by atoms with E-state index in [2.05, 4.69) is 22.1 Å². The first-order chi connectivity index (χ1) is 35.1. The van der Waals surface area contributed by atoms with Crippen molar-refractivity contribution in [3.05, 3.63) is 203 Å². The number of morpholine rings is 1. The number of aliphatic hydroxyl groups excluding tert-OH is 2. The molecule has 0 radical (unpaired) electrons. The summed E-state index contributed by atoms with van der Waals surface area (Å²) in [6.45, 7) is 0.281. The smallest absolute Gasteiger partial charge is 0.421 e. The van der Waals surface area contributed by atoms with Gasteiger partial charge in [0.25, 0.3) is 0 Å². The molecule has 3 N–H and O–H groups in total. The van der Waals surface area contributed by atoms with E-state index in [9.17, 15) is 15.0 Å². The molecule has 6 aromatic carbocycles. The highest BCUT2D eigenvalue weighted by molar-refractivity contribution is 6.23. The van der Waals surface area contributed by atoms with Crippen LogP contribution in [0.25, 0.3) is 0 Å². The van der Waals surface area contributed by atoms with E-state index in [-0.39, 0.29) is 44.2 Å². The van der Waals surface area contributed by atoms with Crippen molar-refractivity contribution in [2.75, 3.05) is 58.6 Å². The lowest BCUT2D eigenvalue weighted by molar-refractivity contribution is -0.178. The molecule has 3 heterocycles. The SMILES string of the molecule is COCCOC(=O)N1C(=O)[C@@]2(c3cc(C#CCN(C)Cc4ccccc4)ccc31)[C@H](c1cccc(OCCO)c1)N1[C@H](c3ccccc3)[C@H](c3ccccc3)OC(=O)[C@H]1[C@@H]2C(=O)NC[C@H](O)c1ccccc1. The normalized spacial score (nSPS) is 21.6. The van der Waals surface area contributed by atoms with Crippen molar-refractivity contribution >= 4 is 29.6 Å². The molecular weight excluding hydrogens is 913 g/mol. The molecule has 72 heavy (non-hydrogen) atoms. The number of imide groups is 1. The van der Waals surface area contributed by atoms with Crippen molar-refractivity contribution in [3.63, 3.8) is 0 Å². The van der Waals surface area contributed by atoms with Crippen LogP contribution in [-0.2, 0) is 40.6 Å². The Kier molecular flexibility index (Phi) is 15.2. The number of hydrogen-bond acceptors (Lipinski definition) is 12. The topological polar surface area (TPSA) is 167 Å². The van der Waals surface area contributed by atoms with Gasteiger partial charge in [-0.1, -0.05) is 145 Å². The molecule has 0 bridgehead atoms. The number of carbonyl (C=O) groups is 4. The zero-order chi connectivity index (χ0) is 50.2. The van der Waals surface area contributed by atoms with Crippen LogP contribution in [0.1, 0.15) is 63.2 Å². The van der Waals surface area contributed by atoms with Gasteiger partial charge in [-0.2, -0.15) is 0 Å². The molecule has 7 atom stereocenters. The molecule has 1 spiro atoms. The number of esters is 1. The summed E-state index contributed by atoms with van der Waals surface area (Å²) in [4.78, 5) is 67.2. The lowest BCUT2D eigenvalue weighted by Gasteiger charge is -2.46. The maximum atomic E-state index is 16.5. The maximum absolute atomic E-state index is 16.5. The van der Waals surface area contributed by atoms with Crippen LogP contribution < -0.4 is 15.0 Å². The van der Waals surface area contributed by atoms with Crippen LogP contribution >= 0.6 is 0 Å². The molecule has 0 saturated carbocycles. The number of hydrogen-bond donors (Lipinski definition) is 3. The van der Waals surface area contributed by atoms with Crippen LogP contribution in [0.4, 0.5) is 10.5 Å². The van der Waals surface area contributed by atoms with Crippen LogP contribution in [0.2, 0.25) is 0 Å². The molecule has 2 fully saturated rings. The van der Waals surface area contributed by atoms with E-state index in [1.54, 1.807) is 66.7 Å². The number of methoxy groups -OCH3 is 1. The number of cyclic esters (lactones) is 1.